The highest BCUT2D eigenvalue weighted by Crippen LogP contribution is 2.10. The van der Waals surface area contributed by atoms with Crippen LogP contribution in [0.15, 0.2) is 65.9 Å². The van der Waals surface area contributed by atoms with Crippen molar-refractivity contribution in [3.05, 3.63) is 67.3 Å². The summed E-state index contributed by atoms with van der Waals surface area (Å²) in [6.07, 6.45) is 11.3. The van der Waals surface area contributed by atoms with Crippen molar-refractivity contribution in [1.29, 1.82) is 0 Å². The van der Waals surface area contributed by atoms with Gasteiger partial charge in [-0.15, -0.1) is 0 Å². The summed E-state index contributed by atoms with van der Waals surface area (Å²) in [7, 11) is 0. The Kier molecular flexibility index (Phi) is 3.60. The van der Waals surface area contributed by atoms with Gasteiger partial charge in [0.25, 0.3) is 0 Å². The zero-order valence-corrected chi connectivity index (χ0v) is 11.0. The number of anilines is 1. The fourth-order valence-corrected chi connectivity index (χ4v) is 1.74. The summed E-state index contributed by atoms with van der Waals surface area (Å²) in [6.45, 7) is 0. The fraction of sp³-hybridized carbons (Fsp3) is 0. The van der Waals surface area contributed by atoms with E-state index in [1.807, 2.05) is 0 Å². The van der Waals surface area contributed by atoms with E-state index < -0.39 is 0 Å². The maximum atomic E-state index is 11.7. The molecule has 0 aliphatic rings. The molecule has 6 heteroatoms. The van der Waals surface area contributed by atoms with Crippen molar-refractivity contribution >= 4 is 17.7 Å². The largest absolute Gasteiger partial charge is 0.465 e. The van der Waals surface area contributed by atoms with Gasteiger partial charge >= 0.3 is 0 Å². The van der Waals surface area contributed by atoms with Crippen molar-refractivity contribution in [1.82, 2.24) is 14.5 Å². The molecule has 104 valence electrons. The molecule has 0 unspecified atom stereocenters. The smallest absolute Gasteiger partial charge is 0.248 e. The van der Waals surface area contributed by atoms with Gasteiger partial charge in [-0.2, -0.15) is 0 Å². The minimum Gasteiger partial charge on any atom is -0.465 e. The summed E-state index contributed by atoms with van der Waals surface area (Å²) >= 11 is 0. The van der Waals surface area contributed by atoms with E-state index in [9.17, 15) is 4.79 Å². The molecule has 0 spiro atoms. The lowest BCUT2D eigenvalue weighted by molar-refractivity contribution is -0.111. The molecule has 0 saturated heterocycles. The van der Waals surface area contributed by atoms with Crippen LogP contribution in [0.1, 0.15) is 5.76 Å². The Balaban J connectivity index is 1.64. The first-order valence-electron chi connectivity index (χ1n) is 6.28. The highest BCUT2D eigenvalue weighted by Gasteiger charge is 2.01. The highest BCUT2D eigenvalue weighted by atomic mass is 16.3. The molecular weight excluding hydrogens is 268 g/mol. The monoisotopic (exact) mass is 280 g/mol. The predicted molar refractivity (Wildman–Crippen MR) is 77.7 cm³/mol. The molecule has 0 atom stereocenters. The van der Waals surface area contributed by atoms with E-state index in [1.165, 1.54) is 6.08 Å². The first-order valence-corrected chi connectivity index (χ1v) is 6.28. The second-order valence-corrected chi connectivity index (χ2v) is 4.21. The highest BCUT2D eigenvalue weighted by molar-refractivity contribution is 6.01. The lowest BCUT2D eigenvalue weighted by Gasteiger charge is -2.04. The number of hydrogen-bond donors (Lipinski definition) is 1. The number of pyridine rings is 1. The molecule has 0 saturated carbocycles. The number of aromatic nitrogens is 3. The molecule has 0 aliphatic carbocycles. The van der Waals surface area contributed by atoms with Gasteiger partial charge in [-0.3, -0.25) is 9.36 Å². The molecular formula is C15H12N4O2. The second-order valence-electron chi connectivity index (χ2n) is 4.21. The molecule has 3 heterocycles. The molecule has 0 radical (unpaired) electrons. The zero-order valence-electron chi connectivity index (χ0n) is 11.0. The molecule has 3 aromatic heterocycles. The molecule has 0 aromatic carbocycles. The first kappa shape index (κ1) is 12.9. The SMILES string of the molecule is O=C(C=Cc1ccco1)Nc1ccc(-n2ccnc2)nc1. The first-order chi connectivity index (χ1) is 10.3. The number of nitrogens with zero attached hydrogens (tertiary/aromatic N) is 3. The van der Waals surface area contributed by atoms with E-state index in [4.69, 9.17) is 4.42 Å². The summed E-state index contributed by atoms with van der Waals surface area (Å²) in [6, 6.07) is 7.11. The van der Waals surface area contributed by atoms with Crippen molar-refractivity contribution in [2.75, 3.05) is 5.32 Å². The van der Waals surface area contributed by atoms with Crippen molar-refractivity contribution < 1.29 is 9.21 Å². The van der Waals surface area contributed by atoms with E-state index in [1.54, 1.807) is 66.1 Å². The van der Waals surface area contributed by atoms with Gasteiger partial charge in [0.1, 0.15) is 17.9 Å². The fourth-order valence-electron chi connectivity index (χ4n) is 1.74. The van der Waals surface area contributed by atoms with Gasteiger partial charge in [0.15, 0.2) is 0 Å². The predicted octanol–water partition coefficient (Wildman–Crippen LogP) is 2.51. The van der Waals surface area contributed by atoms with Gasteiger partial charge in [-0.1, -0.05) is 0 Å². The third-order valence-electron chi connectivity index (χ3n) is 2.73. The third kappa shape index (κ3) is 3.24. The Bertz CT molecular complexity index is 729. The minimum atomic E-state index is -0.247. The number of carbonyl (C=O) groups is 1. The van der Waals surface area contributed by atoms with Crippen LogP contribution in [0.2, 0.25) is 0 Å². The van der Waals surface area contributed by atoms with Gasteiger partial charge in [-0.25, -0.2) is 9.97 Å². The van der Waals surface area contributed by atoms with Crippen LogP contribution < -0.4 is 5.32 Å². The van der Waals surface area contributed by atoms with Crippen molar-refractivity contribution in [2.24, 2.45) is 0 Å². The number of carbonyl (C=O) groups excluding carboxylic acids is 1. The van der Waals surface area contributed by atoms with E-state index in [0.717, 1.165) is 5.82 Å². The Morgan fingerprint density at radius 3 is 2.95 bits per heavy atom. The Morgan fingerprint density at radius 2 is 2.29 bits per heavy atom. The standard InChI is InChI=1S/C15H12N4O2/c20-15(6-4-13-2-1-9-21-13)18-12-3-5-14(17-10-12)19-8-7-16-11-19/h1-11H,(H,18,20). The number of amides is 1. The average molecular weight is 280 g/mol. The minimum absolute atomic E-state index is 0.247. The van der Waals surface area contributed by atoms with Crippen LogP contribution in [-0.4, -0.2) is 20.4 Å². The molecule has 3 aromatic rings. The summed E-state index contributed by atoms with van der Waals surface area (Å²) in [5, 5.41) is 2.72. The maximum Gasteiger partial charge on any atom is 0.248 e. The summed E-state index contributed by atoms with van der Waals surface area (Å²) in [5.74, 6) is 1.11. The molecule has 0 bridgehead atoms. The number of nitrogens with one attached hydrogen (secondary N) is 1. The lowest BCUT2D eigenvalue weighted by atomic mass is 10.3. The van der Waals surface area contributed by atoms with E-state index in [0.29, 0.717) is 11.4 Å². The number of hydrogen-bond acceptors (Lipinski definition) is 4. The zero-order chi connectivity index (χ0) is 14.5. The molecule has 1 N–H and O–H groups in total. The molecule has 1 amide bonds. The van der Waals surface area contributed by atoms with Crippen molar-refractivity contribution in [3.63, 3.8) is 0 Å². The van der Waals surface area contributed by atoms with E-state index >= 15 is 0 Å². The molecule has 6 nitrogen and oxygen atoms in total. The van der Waals surface area contributed by atoms with Crippen LogP contribution in [0, 0.1) is 0 Å². The normalized spacial score (nSPS) is 10.9. The molecule has 21 heavy (non-hydrogen) atoms. The van der Waals surface area contributed by atoms with E-state index in [2.05, 4.69) is 15.3 Å². The number of imidazole rings is 1. The molecule has 3 rings (SSSR count). The van der Waals surface area contributed by atoms with Gasteiger partial charge in [0.2, 0.25) is 5.91 Å². The van der Waals surface area contributed by atoms with Crippen molar-refractivity contribution in [3.8, 4) is 5.82 Å². The second kappa shape index (κ2) is 5.87. The Labute approximate surface area is 120 Å². The van der Waals surface area contributed by atoms with Crippen LogP contribution in [0.5, 0.6) is 0 Å². The summed E-state index contributed by atoms with van der Waals surface area (Å²) in [4.78, 5) is 19.9. The van der Waals surface area contributed by atoms with Gasteiger partial charge in [0, 0.05) is 18.5 Å². The number of rotatable bonds is 4. The quantitative estimate of drug-likeness (QED) is 0.745. The number of furan rings is 1. The van der Waals surface area contributed by atoms with Gasteiger partial charge < -0.3 is 9.73 Å². The van der Waals surface area contributed by atoms with Crippen LogP contribution >= 0.6 is 0 Å². The van der Waals surface area contributed by atoms with Crippen molar-refractivity contribution in [2.45, 2.75) is 0 Å². The van der Waals surface area contributed by atoms with Gasteiger partial charge in [-0.05, 0) is 30.3 Å². The maximum absolute atomic E-state index is 11.7. The Morgan fingerprint density at radius 1 is 1.33 bits per heavy atom. The summed E-state index contributed by atoms with van der Waals surface area (Å²) in [5.41, 5.74) is 0.618. The Hall–Kier alpha value is -3.15. The molecule has 0 aliphatic heterocycles. The van der Waals surface area contributed by atoms with Crippen LogP contribution in [0.4, 0.5) is 5.69 Å². The van der Waals surface area contributed by atoms with E-state index in [-0.39, 0.29) is 5.91 Å². The van der Waals surface area contributed by atoms with Crippen LogP contribution in [-0.2, 0) is 4.79 Å². The topological polar surface area (TPSA) is 73.0 Å². The van der Waals surface area contributed by atoms with Crippen LogP contribution in [0.25, 0.3) is 11.9 Å². The average Bonchev–Trinajstić information content (AvgIpc) is 3.19. The lowest BCUT2D eigenvalue weighted by Crippen LogP contribution is -2.08. The van der Waals surface area contributed by atoms with Gasteiger partial charge in [0.05, 0.1) is 18.1 Å². The van der Waals surface area contributed by atoms with Crippen LogP contribution in [0.3, 0.4) is 0 Å². The third-order valence-corrected chi connectivity index (χ3v) is 2.73. The molecule has 0 fully saturated rings. The summed E-state index contributed by atoms with van der Waals surface area (Å²) < 4.78 is 6.88.